The maximum atomic E-state index is 10.2. The zero-order valence-electron chi connectivity index (χ0n) is 6.43. The molecular formula is C7H11NO4. The number of carbonyl (C=O) groups is 2. The van der Waals surface area contributed by atoms with Crippen LogP contribution in [-0.2, 0) is 9.59 Å². The molecule has 0 saturated carbocycles. The fourth-order valence-corrected chi connectivity index (χ4v) is 0.528. The van der Waals surface area contributed by atoms with Crippen molar-refractivity contribution in [1.82, 2.24) is 0 Å². The summed E-state index contributed by atoms with van der Waals surface area (Å²) in [5.41, 5.74) is 5.14. The average Bonchev–Trinajstić information content (AvgIpc) is 1.97. The van der Waals surface area contributed by atoms with E-state index in [1.54, 1.807) is 0 Å². The zero-order valence-corrected chi connectivity index (χ0v) is 6.43. The van der Waals surface area contributed by atoms with Gasteiger partial charge in [0.05, 0.1) is 6.42 Å². The number of hydrogen-bond acceptors (Lipinski definition) is 3. The molecule has 0 aromatic rings. The Balaban J connectivity index is 3.60. The van der Waals surface area contributed by atoms with Gasteiger partial charge < -0.3 is 15.9 Å². The molecule has 0 aliphatic carbocycles. The number of hydrogen-bond donors (Lipinski definition) is 3. The van der Waals surface area contributed by atoms with Gasteiger partial charge in [-0.15, -0.1) is 0 Å². The van der Waals surface area contributed by atoms with Crippen LogP contribution in [0.2, 0.25) is 0 Å². The van der Waals surface area contributed by atoms with Crippen LogP contribution in [0.4, 0.5) is 0 Å². The Bertz CT molecular complexity index is 200. The van der Waals surface area contributed by atoms with Gasteiger partial charge in [-0.1, -0.05) is 12.2 Å². The topological polar surface area (TPSA) is 101 Å². The summed E-state index contributed by atoms with van der Waals surface area (Å²) in [5, 5.41) is 16.5. The molecule has 12 heavy (non-hydrogen) atoms. The molecule has 5 heteroatoms. The maximum absolute atomic E-state index is 10.2. The third-order valence-corrected chi connectivity index (χ3v) is 1.17. The molecule has 5 nitrogen and oxygen atoms in total. The van der Waals surface area contributed by atoms with Crippen LogP contribution >= 0.6 is 0 Å². The molecule has 1 atom stereocenters. The van der Waals surface area contributed by atoms with Crippen molar-refractivity contribution < 1.29 is 19.8 Å². The third-order valence-electron chi connectivity index (χ3n) is 1.17. The second-order valence-corrected chi connectivity index (χ2v) is 2.25. The van der Waals surface area contributed by atoms with Crippen LogP contribution in [0.25, 0.3) is 0 Å². The Morgan fingerprint density at radius 3 is 2.33 bits per heavy atom. The van der Waals surface area contributed by atoms with Gasteiger partial charge in [-0.2, -0.15) is 0 Å². The van der Waals surface area contributed by atoms with Gasteiger partial charge in [0.15, 0.2) is 0 Å². The number of carboxylic acids is 2. The predicted octanol–water partition coefficient (Wildman–Crippen LogP) is -0.181. The summed E-state index contributed by atoms with van der Waals surface area (Å²) in [6, 6.07) is -0.949. The van der Waals surface area contributed by atoms with Crippen molar-refractivity contribution in [3.8, 4) is 0 Å². The minimum Gasteiger partial charge on any atom is -0.481 e. The summed E-state index contributed by atoms with van der Waals surface area (Å²) in [4.78, 5) is 20.1. The highest BCUT2D eigenvalue weighted by Gasteiger charge is 2.07. The summed E-state index contributed by atoms with van der Waals surface area (Å²) in [6.45, 7) is 0. The average molecular weight is 173 g/mol. The van der Waals surface area contributed by atoms with Gasteiger partial charge >= 0.3 is 11.9 Å². The van der Waals surface area contributed by atoms with Gasteiger partial charge in [0, 0.05) is 0 Å². The van der Waals surface area contributed by atoms with E-state index in [0.717, 1.165) is 0 Å². The largest absolute Gasteiger partial charge is 0.481 e. The molecule has 0 amide bonds. The molecule has 4 N–H and O–H groups in total. The van der Waals surface area contributed by atoms with Crippen LogP contribution < -0.4 is 5.73 Å². The molecule has 1 unspecified atom stereocenters. The normalized spacial score (nSPS) is 13.1. The molecule has 0 heterocycles. The van der Waals surface area contributed by atoms with Crippen molar-refractivity contribution in [3.05, 3.63) is 12.2 Å². The van der Waals surface area contributed by atoms with Crippen LogP contribution in [0.15, 0.2) is 12.2 Å². The van der Waals surface area contributed by atoms with E-state index in [4.69, 9.17) is 15.9 Å². The van der Waals surface area contributed by atoms with Crippen LogP contribution in [0.3, 0.4) is 0 Å². The number of nitrogens with two attached hydrogens (primary N) is 1. The van der Waals surface area contributed by atoms with Crippen LogP contribution in [-0.4, -0.2) is 28.2 Å². The SMILES string of the molecule is NC(CC=CCC(=O)O)C(=O)O. The van der Waals surface area contributed by atoms with Gasteiger partial charge in [0.1, 0.15) is 6.04 Å². The first-order valence-corrected chi connectivity index (χ1v) is 3.39. The Morgan fingerprint density at radius 2 is 1.92 bits per heavy atom. The number of rotatable bonds is 5. The fourth-order valence-electron chi connectivity index (χ4n) is 0.528. The predicted molar refractivity (Wildman–Crippen MR) is 41.6 cm³/mol. The molecule has 0 bridgehead atoms. The molecule has 0 aliphatic rings. The lowest BCUT2D eigenvalue weighted by Gasteiger charge is -1.99. The number of aliphatic carboxylic acids is 2. The van der Waals surface area contributed by atoms with E-state index in [-0.39, 0.29) is 12.8 Å². The van der Waals surface area contributed by atoms with E-state index >= 15 is 0 Å². The molecule has 0 aromatic carbocycles. The Kier molecular flexibility index (Phi) is 4.71. The number of carboxylic acid groups (broad SMARTS) is 2. The monoisotopic (exact) mass is 173 g/mol. The minimum absolute atomic E-state index is 0.105. The summed E-state index contributed by atoms with van der Waals surface area (Å²) in [6.07, 6.45) is 2.88. The highest BCUT2D eigenvalue weighted by atomic mass is 16.4. The first-order chi connectivity index (χ1) is 5.54. The summed E-state index contributed by atoms with van der Waals surface area (Å²) in [7, 11) is 0. The van der Waals surface area contributed by atoms with E-state index in [1.807, 2.05) is 0 Å². The standard InChI is InChI=1S/C7H11NO4/c8-5(7(11)12)3-1-2-4-6(9)10/h1-2,5H,3-4,8H2,(H,9,10)(H,11,12). The molecular weight excluding hydrogens is 162 g/mol. The first kappa shape index (κ1) is 10.6. The van der Waals surface area contributed by atoms with E-state index < -0.39 is 18.0 Å². The van der Waals surface area contributed by atoms with E-state index in [0.29, 0.717) is 0 Å². The van der Waals surface area contributed by atoms with Gasteiger partial charge in [0.25, 0.3) is 0 Å². The second kappa shape index (κ2) is 5.31. The van der Waals surface area contributed by atoms with Crippen LogP contribution in [0.5, 0.6) is 0 Å². The highest BCUT2D eigenvalue weighted by Crippen LogP contribution is 1.92. The summed E-state index contributed by atoms with van der Waals surface area (Å²) < 4.78 is 0. The fraction of sp³-hybridized carbons (Fsp3) is 0.429. The van der Waals surface area contributed by atoms with Crippen LogP contribution in [0, 0.1) is 0 Å². The molecule has 0 spiro atoms. The van der Waals surface area contributed by atoms with Crippen LogP contribution in [0.1, 0.15) is 12.8 Å². The Labute approximate surface area is 69.5 Å². The quantitative estimate of drug-likeness (QED) is 0.500. The van der Waals surface area contributed by atoms with E-state index in [9.17, 15) is 9.59 Å². The smallest absolute Gasteiger partial charge is 0.320 e. The lowest BCUT2D eigenvalue weighted by molar-refractivity contribution is -0.138. The molecule has 0 rings (SSSR count). The second-order valence-electron chi connectivity index (χ2n) is 2.25. The maximum Gasteiger partial charge on any atom is 0.320 e. The summed E-state index contributed by atoms with van der Waals surface area (Å²) >= 11 is 0. The zero-order chi connectivity index (χ0) is 9.56. The van der Waals surface area contributed by atoms with Crippen molar-refractivity contribution in [2.45, 2.75) is 18.9 Å². The minimum atomic E-state index is -1.09. The van der Waals surface area contributed by atoms with E-state index in [1.165, 1.54) is 12.2 Å². The van der Waals surface area contributed by atoms with Crippen molar-refractivity contribution in [3.63, 3.8) is 0 Å². The van der Waals surface area contributed by atoms with Gasteiger partial charge in [-0.25, -0.2) is 0 Å². The third kappa shape index (κ3) is 5.43. The van der Waals surface area contributed by atoms with Gasteiger partial charge in [-0.05, 0) is 6.42 Å². The molecule has 0 radical (unpaired) electrons. The van der Waals surface area contributed by atoms with Gasteiger partial charge in [-0.3, -0.25) is 9.59 Å². The van der Waals surface area contributed by atoms with Crippen molar-refractivity contribution >= 4 is 11.9 Å². The molecule has 0 saturated heterocycles. The highest BCUT2D eigenvalue weighted by molar-refractivity contribution is 5.73. The van der Waals surface area contributed by atoms with Crippen molar-refractivity contribution in [2.24, 2.45) is 5.73 Å². The summed E-state index contributed by atoms with van der Waals surface area (Å²) in [5.74, 6) is -2.04. The molecule has 0 fully saturated rings. The molecule has 68 valence electrons. The molecule has 0 aromatic heterocycles. The Morgan fingerprint density at radius 1 is 1.33 bits per heavy atom. The lowest BCUT2D eigenvalue weighted by Crippen LogP contribution is -2.29. The van der Waals surface area contributed by atoms with Gasteiger partial charge in [0.2, 0.25) is 0 Å². The molecule has 0 aliphatic heterocycles. The van der Waals surface area contributed by atoms with Crippen molar-refractivity contribution in [2.75, 3.05) is 0 Å². The lowest BCUT2D eigenvalue weighted by atomic mass is 10.2. The van der Waals surface area contributed by atoms with Crippen molar-refractivity contribution in [1.29, 1.82) is 0 Å². The first-order valence-electron chi connectivity index (χ1n) is 3.39. The van der Waals surface area contributed by atoms with E-state index in [2.05, 4.69) is 0 Å². The Hall–Kier alpha value is -1.36.